The third kappa shape index (κ3) is 4.59. The van der Waals surface area contributed by atoms with Crippen molar-refractivity contribution >= 4 is 17.5 Å². The molecule has 6 nitrogen and oxygen atoms in total. The number of carbonyl (C=O) groups is 2. The van der Waals surface area contributed by atoms with Gasteiger partial charge in [0.25, 0.3) is 0 Å². The highest BCUT2D eigenvalue weighted by Gasteiger charge is 2.28. The summed E-state index contributed by atoms with van der Waals surface area (Å²) in [6.07, 6.45) is 2.21. The second-order valence-electron chi connectivity index (χ2n) is 7.05. The quantitative estimate of drug-likeness (QED) is 0.860. The summed E-state index contributed by atoms with van der Waals surface area (Å²) in [5, 5.41) is 2.66. The molecule has 0 aromatic heterocycles. The highest BCUT2D eigenvalue weighted by Crippen LogP contribution is 2.15. The van der Waals surface area contributed by atoms with E-state index in [0.29, 0.717) is 6.54 Å². The standard InChI is InChI=1S/C19H27FN4O2/c1-15(19(26)21-17-7-3-2-6-16(17)20)23-12-10-22(11-13-23)14-18(25)24-8-4-5-9-24/h2-3,6-7,15H,4-5,8-14H2,1H3,(H,21,26). The number of rotatable bonds is 5. The van der Waals surface area contributed by atoms with Gasteiger partial charge in [-0.05, 0) is 31.9 Å². The predicted octanol–water partition coefficient (Wildman–Crippen LogP) is 1.39. The number of piperazine rings is 1. The molecule has 1 N–H and O–H groups in total. The van der Waals surface area contributed by atoms with Crippen molar-refractivity contribution in [3.05, 3.63) is 30.1 Å². The van der Waals surface area contributed by atoms with Crippen molar-refractivity contribution in [1.29, 1.82) is 0 Å². The molecule has 0 saturated carbocycles. The van der Waals surface area contributed by atoms with Crippen LogP contribution >= 0.6 is 0 Å². The van der Waals surface area contributed by atoms with E-state index in [2.05, 4.69) is 15.1 Å². The number of para-hydroxylation sites is 1. The number of benzene rings is 1. The number of nitrogens with zero attached hydrogens (tertiary/aromatic N) is 3. The van der Waals surface area contributed by atoms with Gasteiger partial charge in [0.15, 0.2) is 0 Å². The summed E-state index contributed by atoms with van der Waals surface area (Å²) in [6, 6.07) is 5.83. The number of amides is 2. The van der Waals surface area contributed by atoms with Crippen LogP contribution in [0.25, 0.3) is 0 Å². The number of hydrogen-bond donors (Lipinski definition) is 1. The van der Waals surface area contributed by atoms with Crippen LogP contribution in [0.5, 0.6) is 0 Å². The lowest BCUT2D eigenvalue weighted by Crippen LogP contribution is -2.54. The van der Waals surface area contributed by atoms with E-state index in [-0.39, 0.29) is 23.5 Å². The van der Waals surface area contributed by atoms with Crippen molar-refractivity contribution in [2.45, 2.75) is 25.8 Å². The van der Waals surface area contributed by atoms with Crippen molar-refractivity contribution in [2.24, 2.45) is 0 Å². The molecule has 142 valence electrons. The monoisotopic (exact) mass is 362 g/mol. The number of nitrogens with one attached hydrogen (secondary N) is 1. The van der Waals surface area contributed by atoms with Crippen molar-refractivity contribution < 1.29 is 14.0 Å². The Morgan fingerprint density at radius 1 is 1.08 bits per heavy atom. The van der Waals surface area contributed by atoms with E-state index >= 15 is 0 Å². The van der Waals surface area contributed by atoms with Gasteiger partial charge in [-0.3, -0.25) is 19.4 Å². The van der Waals surface area contributed by atoms with E-state index in [1.165, 1.54) is 6.07 Å². The molecule has 2 aliphatic rings. The second-order valence-corrected chi connectivity index (χ2v) is 7.05. The zero-order chi connectivity index (χ0) is 18.5. The maximum absolute atomic E-state index is 13.7. The summed E-state index contributed by atoms with van der Waals surface area (Å²) in [7, 11) is 0. The highest BCUT2D eigenvalue weighted by molar-refractivity contribution is 5.94. The lowest BCUT2D eigenvalue weighted by atomic mass is 10.2. The molecular formula is C19H27FN4O2. The molecule has 1 aromatic carbocycles. The Morgan fingerprint density at radius 2 is 1.73 bits per heavy atom. The van der Waals surface area contributed by atoms with Crippen LogP contribution in [-0.2, 0) is 9.59 Å². The fourth-order valence-corrected chi connectivity index (χ4v) is 3.53. The van der Waals surface area contributed by atoms with Crippen molar-refractivity contribution in [3.8, 4) is 0 Å². The Bertz CT molecular complexity index is 640. The van der Waals surface area contributed by atoms with Gasteiger partial charge in [-0.2, -0.15) is 0 Å². The molecule has 2 heterocycles. The molecule has 3 rings (SSSR count). The maximum atomic E-state index is 13.7. The summed E-state index contributed by atoms with van der Waals surface area (Å²) in [4.78, 5) is 30.8. The normalized spacial score (nSPS) is 20.2. The topological polar surface area (TPSA) is 55.9 Å². The van der Waals surface area contributed by atoms with E-state index < -0.39 is 5.82 Å². The third-order valence-electron chi connectivity index (χ3n) is 5.28. The number of carbonyl (C=O) groups excluding carboxylic acids is 2. The number of likely N-dealkylation sites (tertiary alicyclic amines) is 1. The maximum Gasteiger partial charge on any atom is 0.241 e. The molecule has 0 radical (unpaired) electrons. The van der Waals surface area contributed by atoms with Gasteiger partial charge >= 0.3 is 0 Å². The lowest BCUT2D eigenvalue weighted by molar-refractivity contribution is -0.132. The Morgan fingerprint density at radius 3 is 2.38 bits per heavy atom. The van der Waals surface area contributed by atoms with E-state index in [0.717, 1.165) is 52.1 Å². The number of halogens is 1. The van der Waals surface area contributed by atoms with E-state index in [9.17, 15) is 14.0 Å². The zero-order valence-electron chi connectivity index (χ0n) is 15.3. The first-order chi connectivity index (χ1) is 12.5. The van der Waals surface area contributed by atoms with Crippen LogP contribution in [0.3, 0.4) is 0 Å². The molecule has 2 fully saturated rings. The van der Waals surface area contributed by atoms with Gasteiger partial charge in [0, 0.05) is 39.3 Å². The van der Waals surface area contributed by atoms with E-state index in [1.807, 2.05) is 11.8 Å². The molecule has 1 aromatic rings. The molecule has 26 heavy (non-hydrogen) atoms. The molecular weight excluding hydrogens is 335 g/mol. The fourth-order valence-electron chi connectivity index (χ4n) is 3.53. The number of anilines is 1. The zero-order valence-corrected chi connectivity index (χ0v) is 15.3. The average Bonchev–Trinajstić information content (AvgIpc) is 3.18. The Balaban J connectivity index is 1.45. The van der Waals surface area contributed by atoms with Gasteiger partial charge in [-0.15, -0.1) is 0 Å². The first-order valence-electron chi connectivity index (χ1n) is 9.34. The van der Waals surface area contributed by atoms with Crippen LogP contribution in [0.15, 0.2) is 24.3 Å². The molecule has 1 unspecified atom stereocenters. The minimum atomic E-state index is -0.432. The van der Waals surface area contributed by atoms with Crippen LogP contribution in [0.1, 0.15) is 19.8 Å². The molecule has 2 amide bonds. The lowest BCUT2D eigenvalue weighted by Gasteiger charge is -2.37. The van der Waals surface area contributed by atoms with Crippen molar-refractivity contribution in [3.63, 3.8) is 0 Å². The van der Waals surface area contributed by atoms with Crippen LogP contribution < -0.4 is 5.32 Å². The molecule has 0 bridgehead atoms. The first-order valence-corrected chi connectivity index (χ1v) is 9.34. The highest BCUT2D eigenvalue weighted by atomic mass is 19.1. The Hall–Kier alpha value is -1.99. The molecule has 7 heteroatoms. The van der Waals surface area contributed by atoms with Crippen LogP contribution in [0, 0.1) is 5.82 Å². The minimum Gasteiger partial charge on any atom is -0.342 e. The summed E-state index contributed by atoms with van der Waals surface area (Å²) >= 11 is 0. The third-order valence-corrected chi connectivity index (χ3v) is 5.28. The van der Waals surface area contributed by atoms with E-state index in [4.69, 9.17) is 0 Å². The molecule has 0 spiro atoms. The predicted molar refractivity (Wildman–Crippen MR) is 98.3 cm³/mol. The first kappa shape index (κ1) is 18.8. The smallest absolute Gasteiger partial charge is 0.241 e. The van der Waals surface area contributed by atoms with Crippen LogP contribution in [0.4, 0.5) is 10.1 Å². The average molecular weight is 362 g/mol. The van der Waals surface area contributed by atoms with Gasteiger partial charge in [-0.25, -0.2) is 4.39 Å². The summed E-state index contributed by atoms with van der Waals surface area (Å²) in [5.41, 5.74) is 0.208. The van der Waals surface area contributed by atoms with Gasteiger partial charge < -0.3 is 10.2 Å². The van der Waals surface area contributed by atoms with Gasteiger partial charge in [-0.1, -0.05) is 12.1 Å². The SMILES string of the molecule is CC(C(=O)Nc1ccccc1F)N1CCN(CC(=O)N2CCCC2)CC1. The molecule has 0 aliphatic carbocycles. The van der Waals surface area contributed by atoms with E-state index in [1.54, 1.807) is 18.2 Å². The van der Waals surface area contributed by atoms with Crippen molar-refractivity contribution in [1.82, 2.24) is 14.7 Å². The van der Waals surface area contributed by atoms with Gasteiger partial charge in [0.2, 0.25) is 11.8 Å². The fraction of sp³-hybridized carbons (Fsp3) is 0.579. The summed E-state index contributed by atoms with van der Waals surface area (Å²) < 4.78 is 13.7. The summed E-state index contributed by atoms with van der Waals surface area (Å²) in [6.45, 7) is 7.02. The number of hydrogen-bond acceptors (Lipinski definition) is 4. The van der Waals surface area contributed by atoms with Crippen LogP contribution in [-0.4, -0.2) is 78.4 Å². The summed E-state index contributed by atoms with van der Waals surface area (Å²) in [5.74, 6) is -0.434. The minimum absolute atomic E-state index is 0.208. The second kappa shape index (κ2) is 8.60. The molecule has 2 aliphatic heterocycles. The van der Waals surface area contributed by atoms with Gasteiger partial charge in [0.05, 0.1) is 18.3 Å². The van der Waals surface area contributed by atoms with Gasteiger partial charge in [0.1, 0.15) is 5.82 Å². The van der Waals surface area contributed by atoms with Crippen molar-refractivity contribution in [2.75, 3.05) is 51.1 Å². The largest absolute Gasteiger partial charge is 0.342 e. The molecule has 1 atom stereocenters. The molecule has 2 saturated heterocycles. The Kier molecular flexibility index (Phi) is 6.21. The van der Waals surface area contributed by atoms with Crippen LogP contribution in [0.2, 0.25) is 0 Å². The Labute approximate surface area is 153 Å².